The molecule has 0 aliphatic rings. The van der Waals surface area contributed by atoms with Crippen LogP contribution >= 0.6 is 7.94 Å². The van der Waals surface area contributed by atoms with Crippen molar-refractivity contribution in [3.63, 3.8) is 0 Å². The molecule has 16 heavy (non-hydrogen) atoms. The SMILES string of the molecule is O[PH](O)(O)c1ccccc1-c1ccccc1. The molecule has 0 bridgehead atoms. The van der Waals surface area contributed by atoms with Crippen LogP contribution in [0.5, 0.6) is 0 Å². The van der Waals surface area contributed by atoms with E-state index in [2.05, 4.69) is 0 Å². The molecule has 0 saturated carbocycles. The van der Waals surface area contributed by atoms with Crippen molar-refractivity contribution in [2.24, 2.45) is 0 Å². The third kappa shape index (κ3) is 2.29. The molecule has 2 rings (SSSR count). The van der Waals surface area contributed by atoms with E-state index in [9.17, 15) is 14.7 Å². The summed E-state index contributed by atoms with van der Waals surface area (Å²) < 4.78 is 0. The standard InChI is InChI=1S/C12H13O3P/c13-16(14,15)12-9-5-4-8-11(12)10-6-2-1-3-7-10/h1-9,13-16H. The molecule has 0 aliphatic carbocycles. The molecule has 0 amide bonds. The van der Waals surface area contributed by atoms with Gasteiger partial charge >= 0.3 is 93.7 Å². The van der Waals surface area contributed by atoms with Crippen LogP contribution in [-0.2, 0) is 0 Å². The number of hydrogen-bond acceptors (Lipinski definition) is 3. The summed E-state index contributed by atoms with van der Waals surface area (Å²) >= 11 is 0. The minimum absolute atomic E-state index is 0.209. The monoisotopic (exact) mass is 236 g/mol. The molecule has 3 nitrogen and oxygen atoms in total. The molecule has 0 spiro atoms. The van der Waals surface area contributed by atoms with E-state index in [1.807, 2.05) is 30.3 Å². The Morgan fingerprint density at radius 2 is 1.25 bits per heavy atom. The topological polar surface area (TPSA) is 60.7 Å². The van der Waals surface area contributed by atoms with Crippen molar-refractivity contribution >= 4 is 13.2 Å². The predicted octanol–water partition coefficient (Wildman–Crippen LogP) is 1.45. The van der Waals surface area contributed by atoms with Gasteiger partial charge in [0.1, 0.15) is 0 Å². The Bertz CT molecular complexity index is 477. The van der Waals surface area contributed by atoms with Crippen LogP contribution in [0.15, 0.2) is 54.6 Å². The number of benzene rings is 2. The molecule has 3 N–H and O–H groups in total. The Labute approximate surface area is 94.2 Å². The molecular formula is C12H13O3P. The first-order valence-electron chi connectivity index (χ1n) is 4.91. The van der Waals surface area contributed by atoms with Crippen molar-refractivity contribution in [3.8, 4) is 11.1 Å². The third-order valence-electron chi connectivity index (χ3n) is 2.37. The van der Waals surface area contributed by atoms with Gasteiger partial charge in [0.05, 0.1) is 0 Å². The van der Waals surface area contributed by atoms with Crippen molar-refractivity contribution in [1.29, 1.82) is 0 Å². The van der Waals surface area contributed by atoms with E-state index in [0.29, 0.717) is 5.56 Å². The molecule has 84 valence electrons. The van der Waals surface area contributed by atoms with Crippen molar-refractivity contribution in [2.45, 2.75) is 0 Å². The van der Waals surface area contributed by atoms with Crippen LogP contribution in [-0.4, -0.2) is 14.7 Å². The molecule has 0 atom stereocenters. The van der Waals surface area contributed by atoms with Gasteiger partial charge < -0.3 is 0 Å². The fourth-order valence-corrected chi connectivity index (χ4v) is 2.55. The first kappa shape index (κ1) is 11.2. The Morgan fingerprint density at radius 1 is 0.688 bits per heavy atom. The quantitative estimate of drug-likeness (QED) is 0.692. The van der Waals surface area contributed by atoms with Gasteiger partial charge in [0, 0.05) is 0 Å². The molecule has 0 aromatic heterocycles. The van der Waals surface area contributed by atoms with Crippen LogP contribution in [0.3, 0.4) is 0 Å². The van der Waals surface area contributed by atoms with Crippen LogP contribution in [0, 0.1) is 0 Å². The third-order valence-corrected chi connectivity index (χ3v) is 3.53. The predicted molar refractivity (Wildman–Crippen MR) is 66.5 cm³/mol. The van der Waals surface area contributed by atoms with E-state index in [-0.39, 0.29) is 5.30 Å². The van der Waals surface area contributed by atoms with E-state index in [4.69, 9.17) is 0 Å². The van der Waals surface area contributed by atoms with Crippen LogP contribution < -0.4 is 5.30 Å². The summed E-state index contributed by atoms with van der Waals surface area (Å²) in [4.78, 5) is 28.1. The molecule has 4 heteroatoms. The zero-order chi connectivity index (χ0) is 11.6. The van der Waals surface area contributed by atoms with Gasteiger partial charge in [-0.15, -0.1) is 0 Å². The van der Waals surface area contributed by atoms with Gasteiger partial charge in [-0.25, -0.2) is 0 Å². The fraction of sp³-hybridized carbons (Fsp3) is 0. The van der Waals surface area contributed by atoms with Gasteiger partial charge in [-0.05, 0) is 0 Å². The van der Waals surface area contributed by atoms with Crippen LogP contribution in [0.25, 0.3) is 11.1 Å². The van der Waals surface area contributed by atoms with E-state index >= 15 is 0 Å². The molecule has 2 aromatic rings. The van der Waals surface area contributed by atoms with Crippen LogP contribution in [0.2, 0.25) is 0 Å². The number of rotatable bonds is 2. The molecular weight excluding hydrogens is 223 g/mol. The first-order valence-corrected chi connectivity index (χ1v) is 6.75. The zero-order valence-electron chi connectivity index (χ0n) is 8.54. The van der Waals surface area contributed by atoms with Gasteiger partial charge in [0.2, 0.25) is 0 Å². The van der Waals surface area contributed by atoms with Gasteiger partial charge in [-0.2, -0.15) is 0 Å². The Kier molecular flexibility index (Phi) is 3.03. The van der Waals surface area contributed by atoms with Crippen molar-refractivity contribution in [2.75, 3.05) is 0 Å². The van der Waals surface area contributed by atoms with Crippen molar-refractivity contribution < 1.29 is 14.7 Å². The van der Waals surface area contributed by atoms with Gasteiger partial charge in [-0.1, -0.05) is 0 Å². The fourth-order valence-electron chi connectivity index (χ4n) is 1.65. The Morgan fingerprint density at radius 3 is 1.88 bits per heavy atom. The first-order chi connectivity index (χ1) is 7.59. The molecule has 2 aromatic carbocycles. The summed E-state index contributed by atoms with van der Waals surface area (Å²) in [6, 6.07) is 16.1. The van der Waals surface area contributed by atoms with Gasteiger partial charge in [0.15, 0.2) is 0 Å². The minimum atomic E-state index is -4.26. The second-order valence-electron chi connectivity index (χ2n) is 3.55. The summed E-state index contributed by atoms with van der Waals surface area (Å²) in [6.45, 7) is 0. The second-order valence-corrected chi connectivity index (χ2v) is 5.36. The van der Waals surface area contributed by atoms with E-state index in [1.54, 1.807) is 18.2 Å². The summed E-state index contributed by atoms with van der Waals surface area (Å²) in [5.41, 5.74) is 1.51. The Hall–Kier alpha value is -1.25. The van der Waals surface area contributed by atoms with Crippen molar-refractivity contribution in [1.82, 2.24) is 0 Å². The van der Waals surface area contributed by atoms with Gasteiger partial charge in [-0.3, -0.25) is 0 Å². The molecule has 0 radical (unpaired) electrons. The molecule has 0 saturated heterocycles. The summed E-state index contributed by atoms with van der Waals surface area (Å²) in [5.74, 6) is 0. The Balaban J connectivity index is 2.58. The average Bonchev–Trinajstić information content (AvgIpc) is 2.29. The maximum atomic E-state index is 9.38. The van der Waals surface area contributed by atoms with Gasteiger partial charge in [0.25, 0.3) is 0 Å². The second kappa shape index (κ2) is 4.32. The molecule has 0 aliphatic heterocycles. The summed E-state index contributed by atoms with van der Waals surface area (Å²) in [6.07, 6.45) is 0. The molecule has 0 heterocycles. The van der Waals surface area contributed by atoms with Crippen LogP contribution in [0.4, 0.5) is 0 Å². The molecule has 0 fully saturated rings. The number of hydrogen-bond donors (Lipinski definition) is 3. The maximum absolute atomic E-state index is 9.38. The summed E-state index contributed by atoms with van der Waals surface area (Å²) in [7, 11) is -4.26. The van der Waals surface area contributed by atoms with Crippen LogP contribution in [0.1, 0.15) is 0 Å². The zero-order valence-corrected chi connectivity index (χ0v) is 9.54. The normalized spacial score (nSPS) is 12.4. The van der Waals surface area contributed by atoms with E-state index < -0.39 is 7.94 Å². The summed E-state index contributed by atoms with van der Waals surface area (Å²) in [5, 5.41) is 0.209. The van der Waals surface area contributed by atoms with Crippen molar-refractivity contribution in [3.05, 3.63) is 54.6 Å². The van der Waals surface area contributed by atoms with E-state index in [0.717, 1.165) is 5.56 Å². The molecule has 0 unspecified atom stereocenters. The van der Waals surface area contributed by atoms with E-state index in [1.165, 1.54) is 6.07 Å². The average molecular weight is 236 g/mol.